The molecule has 0 radical (unpaired) electrons. The maximum absolute atomic E-state index is 10.8. The summed E-state index contributed by atoms with van der Waals surface area (Å²) in [5.41, 5.74) is 0. The van der Waals surface area contributed by atoms with Crippen LogP contribution in [0.4, 0.5) is 0 Å². The molecule has 0 N–H and O–H groups in total. The van der Waals surface area contributed by atoms with Crippen molar-refractivity contribution in [2.75, 3.05) is 18.6 Å². The van der Waals surface area contributed by atoms with E-state index < -0.39 is 0 Å². The minimum absolute atomic E-state index is 0.0985. The second-order valence-corrected chi connectivity index (χ2v) is 5.03. The first-order valence-corrected chi connectivity index (χ1v) is 6.63. The molecule has 0 saturated heterocycles. The van der Waals surface area contributed by atoms with Crippen LogP contribution in [0.25, 0.3) is 0 Å². The highest BCUT2D eigenvalue weighted by atomic mass is 32.2. The Bertz CT molecular complexity index is 165. The lowest BCUT2D eigenvalue weighted by molar-refractivity contribution is -0.137. The third kappa shape index (κ3) is 4.89. The molecule has 0 unspecified atom stereocenters. The number of hydrogen-bond donors (Lipinski definition) is 0. The minimum Gasteiger partial charge on any atom is -0.468 e. The van der Waals surface area contributed by atoms with E-state index in [1.165, 1.54) is 45.6 Å². The summed E-state index contributed by atoms with van der Waals surface area (Å²) < 4.78 is 4.58. The van der Waals surface area contributed by atoms with Crippen molar-refractivity contribution in [1.82, 2.24) is 0 Å². The van der Waals surface area contributed by atoms with E-state index >= 15 is 0 Å². The van der Waals surface area contributed by atoms with Gasteiger partial charge in [0.1, 0.15) is 0 Å². The van der Waals surface area contributed by atoms with Crippen LogP contribution in [0.2, 0.25) is 0 Å². The fourth-order valence-electron chi connectivity index (χ4n) is 1.94. The zero-order valence-corrected chi connectivity index (χ0v) is 9.78. The molecule has 1 aliphatic rings. The van der Waals surface area contributed by atoms with Gasteiger partial charge in [0.2, 0.25) is 0 Å². The van der Waals surface area contributed by atoms with E-state index in [9.17, 15) is 4.79 Å². The molecule has 1 aliphatic carbocycles. The van der Waals surface area contributed by atoms with Gasteiger partial charge in [0.15, 0.2) is 0 Å². The summed E-state index contributed by atoms with van der Waals surface area (Å²) in [7, 11) is 1.45. The highest BCUT2D eigenvalue weighted by Crippen LogP contribution is 2.27. The highest BCUT2D eigenvalue weighted by Gasteiger charge is 2.12. The van der Waals surface area contributed by atoms with Gasteiger partial charge in [-0.05, 0) is 18.1 Å². The largest absolute Gasteiger partial charge is 0.468 e. The molecule has 1 saturated carbocycles. The predicted molar refractivity (Wildman–Crippen MR) is 60.5 cm³/mol. The van der Waals surface area contributed by atoms with Gasteiger partial charge < -0.3 is 4.74 Å². The van der Waals surface area contributed by atoms with Crippen LogP contribution in [0, 0.1) is 5.92 Å². The Morgan fingerprint density at radius 3 is 2.71 bits per heavy atom. The molecule has 0 aliphatic heterocycles. The van der Waals surface area contributed by atoms with Crippen LogP contribution in [0.5, 0.6) is 0 Å². The highest BCUT2D eigenvalue weighted by molar-refractivity contribution is 7.99. The van der Waals surface area contributed by atoms with Gasteiger partial charge in [0.05, 0.1) is 12.9 Å². The van der Waals surface area contributed by atoms with E-state index in [1.807, 2.05) is 0 Å². The lowest BCUT2D eigenvalue weighted by atomic mass is 9.88. The number of rotatable bonds is 5. The molecular formula is C11H20O2S. The number of esters is 1. The Kier molecular flexibility index (Phi) is 6.08. The normalized spacial score (nSPS) is 18.1. The van der Waals surface area contributed by atoms with Crippen LogP contribution in [-0.4, -0.2) is 24.6 Å². The van der Waals surface area contributed by atoms with Gasteiger partial charge in [-0.3, -0.25) is 4.79 Å². The Morgan fingerprint density at radius 2 is 2.07 bits per heavy atom. The fraction of sp³-hybridized carbons (Fsp3) is 0.909. The van der Waals surface area contributed by atoms with Gasteiger partial charge in [-0.2, -0.15) is 11.8 Å². The van der Waals surface area contributed by atoms with Crippen LogP contribution in [0.15, 0.2) is 0 Å². The number of carbonyl (C=O) groups is 1. The quantitative estimate of drug-likeness (QED) is 0.522. The molecule has 0 aromatic rings. The van der Waals surface area contributed by atoms with Gasteiger partial charge in [-0.25, -0.2) is 0 Å². The number of methoxy groups -OCH3 is 1. The maximum Gasteiger partial charge on any atom is 0.315 e. The van der Waals surface area contributed by atoms with Crippen molar-refractivity contribution in [3.05, 3.63) is 0 Å². The van der Waals surface area contributed by atoms with E-state index in [2.05, 4.69) is 4.74 Å². The summed E-state index contributed by atoms with van der Waals surface area (Å²) in [6.07, 6.45) is 8.32. The lowest BCUT2D eigenvalue weighted by Crippen LogP contribution is -2.08. The molecule has 0 bridgehead atoms. The fourth-order valence-corrected chi connectivity index (χ4v) is 2.87. The topological polar surface area (TPSA) is 26.3 Å². The van der Waals surface area contributed by atoms with Crippen molar-refractivity contribution in [2.45, 2.75) is 38.5 Å². The standard InChI is InChI=1S/C11H20O2S/c1-13-11(12)9-14-8-7-10-5-3-2-4-6-10/h10H,2-9H2,1H3. The molecule has 2 nitrogen and oxygen atoms in total. The van der Waals surface area contributed by atoms with Crippen LogP contribution in [0.1, 0.15) is 38.5 Å². The molecule has 14 heavy (non-hydrogen) atoms. The Morgan fingerprint density at radius 1 is 1.36 bits per heavy atom. The summed E-state index contributed by atoms with van der Waals surface area (Å²) in [5, 5.41) is 0. The molecule has 0 atom stereocenters. The van der Waals surface area contributed by atoms with Gasteiger partial charge >= 0.3 is 5.97 Å². The van der Waals surface area contributed by atoms with Crippen molar-refractivity contribution < 1.29 is 9.53 Å². The first-order valence-electron chi connectivity index (χ1n) is 5.47. The molecule has 3 heteroatoms. The third-order valence-electron chi connectivity index (χ3n) is 2.84. The molecule has 0 heterocycles. The molecule has 0 aromatic carbocycles. The van der Waals surface area contributed by atoms with Crippen molar-refractivity contribution in [1.29, 1.82) is 0 Å². The van der Waals surface area contributed by atoms with Crippen LogP contribution >= 0.6 is 11.8 Å². The Hall–Kier alpha value is -0.180. The summed E-state index contributed by atoms with van der Waals surface area (Å²) in [6.45, 7) is 0. The second-order valence-electron chi connectivity index (χ2n) is 3.92. The summed E-state index contributed by atoms with van der Waals surface area (Å²) in [4.78, 5) is 10.8. The predicted octanol–water partition coefficient (Wildman–Crippen LogP) is 2.86. The molecule has 1 fully saturated rings. The molecular weight excluding hydrogens is 196 g/mol. The molecule has 0 spiro atoms. The van der Waals surface area contributed by atoms with Crippen LogP contribution < -0.4 is 0 Å². The van der Waals surface area contributed by atoms with Gasteiger partial charge in [0, 0.05) is 0 Å². The van der Waals surface area contributed by atoms with Crippen LogP contribution in [-0.2, 0) is 9.53 Å². The molecule has 0 amide bonds. The van der Waals surface area contributed by atoms with Gasteiger partial charge in [-0.1, -0.05) is 32.1 Å². The monoisotopic (exact) mass is 216 g/mol. The van der Waals surface area contributed by atoms with Crippen LogP contribution in [0.3, 0.4) is 0 Å². The number of thioether (sulfide) groups is 1. The van der Waals surface area contributed by atoms with Crippen molar-refractivity contribution in [2.24, 2.45) is 5.92 Å². The van der Waals surface area contributed by atoms with Crippen molar-refractivity contribution >= 4 is 17.7 Å². The molecule has 82 valence electrons. The SMILES string of the molecule is COC(=O)CSCCC1CCCCC1. The number of ether oxygens (including phenoxy) is 1. The van der Waals surface area contributed by atoms with Gasteiger partial charge in [-0.15, -0.1) is 0 Å². The Labute approximate surface area is 90.8 Å². The average Bonchev–Trinajstić information content (AvgIpc) is 2.25. The van der Waals surface area contributed by atoms with E-state index in [0.717, 1.165) is 11.7 Å². The third-order valence-corrected chi connectivity index (χ3v) is 3.81. The second kappa shape index (κ2) is 7.16. The summed E-state index contributed by atoms with van der Waals surface area (Å²) in [6, 6.07) is 0. The first kappa shape index (κ1) is 11.9. The molecule has 0 aromatic heterocycles. The summed E-state index contributed by atoms with van der Waals surface area (Å²) >= 11 is 1.71. The van der Waals surface area contributed by atoms with Gasteiger partial charge in [0.25, 0.3) is 0 Å². The maximum atomic E-state index is 10.8. The lowest BCUT2D eigenvalue weighted by Gasteiger charge is -2.20. The van der Waals surface area contributed by atoms with Crippen molar-refractivity contribution in [3.8, 4) is 0 Å². The zero-order chi connectivity index (χ0) is 10.2. The average molecular weight is 216 g/mol. The van der Waals surface area contributed by atoms with Crippen molar-refractivity contribution in [3.63, 3.8) is 0 Å². The van der Waals surface area contributed by atoms with E-state index in [1.54, 1.807) is 11.8 Å². The minimum atomic E-state index is -0.0985. The summed E-state index contributed by atoms with van der Waals surface area (Å²) in [5.74, 6) is 2.45. The smallest absolute Gasteiger partial charge is 0.315 e. The molecule has 1 rings (SSSR count). The number of carbonyl (C=O) groups excluding carboxylic acids is 1. The number of hydrogen-bond acceptors (Lipinski definition) is 3. The first-order chi connectivity index (χ1) is 6.83. The zero-order valence-electron chi connectivity index (χ0n) is 8.96. The van der Waals surface area contributed by atoms with E-state index in [4.69, 9.17) is 0 Å². The van der Waals surface area contributed by atoms with E-state index in [-0.39, 0.29) is 5.97 Å². The van der Waals surface area contributed by atoms with E-state index in [0.29, 0.717) is 5.75 Å². The Balaban J connectivity index is 1.94.